The van der Waals surface area contributed by atoms with Crippen molar-refractivity contribution in [1.29, 1.82) is 0 Å². The summed E-state index contributed by atoms with van der Waals surface area (Å²) in [5, 5.41) is 3.35. The van der Waals surface area contributed by atoms with Gasteiger partial charge < -0.3 is 10.1 Å². The highest BCUT2D eigenvalue weighted by Gasteiger charge is 2.50. The van der Waals surface area contributed by atoms with E-state index in [4.69, 9.17) is 4.74 Å². The third-order valence-electron chi connectivity index (χ3n) is 4.31. The number of ether oxygens (including phenoxy) is 1. The number of benzene rings is 1. The Morgan fingerprint density at radius 3 is 2.65 bits per heavy atom. The van der Waals surface area contributed by atoms with Crippen LogP contribution < -0.4 is 10.1 Å². The molecule has 0 aromatic heterocycles. The molecule has 1 aromatic rings. The summed E-state index contributed by atoms with van der Waals surface area (Å²) in [5.74, 6) is 0.967. The molecular formula is C14H20N2O. The van der Waals surface area contributed by atoms with Gasteiger partial charge in [-0.2, -0.15) is 0 Å². The Balaban J connectivity index is 1.85. The van der Waals surface area contributed by atoms with E-state index >= 15 is 0 Å². The van der Waals surface area contributed by atoms with E-state index in [9.17, 15) is 0 Å². The Bertz CT molecular complexity index is 410. The Morgan fingerprint density at radius 2 is 2.12 bits per heavy atom. The first-order chi connectivity index (χ1) is 8.26. The maximum absolute atomic E-state index is 5.33. The van der Waals surface area contributed by atoms with Gasteiger partial charge in [0.2, 0.25) is 0 Å². The van der Waals surface area contributed by atoms with Crippen LogP contribution in [0.1, 0.15) is 18.4 Å². The van der Waals surface area contributed by atoms with Gasteiger partial charge in [0.05, 0.1) is 7.11 Å². The maximum Gasteiger partial charge on any atom is 0.119 e. The van der Waals surface area contributed by atoms with Gasteiger partial charge in [0.15, 0.2) is 0 Å². The highest BCUT2D eigenvalue weighted by Crippen LogP contribution is 2.51. The first-order valence-corrected chi connectivity index (χ1v) is 6.34. The molecule has 0 bridgehead atoms. The van der Waals surface area contributed by atoms with Crippen LogP contribution in [-0.4, -0.2) is 38.2 Å². The van der Waals surface area contributed by atoms with E-state index in [1.54, 1.807) is 7.11 Å². The molecule has 1 aliphatic carbocycles. The summed E-state index contributed by atoms with van der Waals surface area (Å²) in [7, 11) is 4.00. The van der Waals surface area contributed by atoms with E-state index in [0.29, 0.717) is 6.04 Å². The molecule has 92 valence electrons. The lowest BCUT2D eigenvalue weighted by Crippen LogP contribution is -2.58. The predicted molar refractivity (Wildman–Crippen MR) is 68.3 cm³/mol. The molecule has 1 saturated heterocycles. The molecule has 0 atom stereocenters. The highest BCUT2D eigenvalue weighted by atomic mass is 16.5. The first kappa shape index (κ1) is 11.1. The molecule has 1 aliphatic heterocycles. The van der Waals surface area contributed by atoms with E-state index in [-0.39, 0.29) is 5.54 Å². The smallest absolute Gasteiger partial charge is 0.119 e. The summed E-state index contributed by atoms with van der Waals surface area (Å²) in [6.07, 6.45) is 2.54. The highest BCUT2D eigenvalue weighted by molar-refractivity contribution is 5.37. The first-order valence-electron chi connectivity index (χ1n) is 6.34. The fraction of sp³-hybridized carbons (Fsp3) is 0.571. The summed E-state index contributed by atoms with van der Waals surface area (Å²) >= 11 is 0. The van der Waals surface area contributed by atoms with Crippen LogP contribution in [0.5, 0.6) is 5.75 Å². The molecule has 1 N–H and O–H groups in total. The number of nitrogens with one attached hydrogen (secondary N) is 1. The van der Waals surface area contributed by atoms with Crippen LogP contribution in [0, 0.1) is 0 Å². The molecular weight excluding hydrogens is 212 g/mol. The Hall–Kier alpha value is -1.06. The number of hydrogen-bond donors (Lipinski definition) is 1. The van der Waals surface area contributed by atoms with Gasteiger partial charge in [-0.25, -0.2) is 0 Å². The van der Waals surface area contributed by atoms with Crippen LogP contribution in [0.2, 0.25) is 0 Å². The van der Waals surface area contributed by atoms with E-state index in [0.717, 1.165) is 18.8 Å². The summed E-state index contributed by atoms with van der Waals surface area (Å²) in [6.45, 7) is 2.25. The molecule has 2 aliphatic rings. The fourth-order valence-corrected chi connectivity index (χ4v) is 2.77. The van der Waals surface area contributed by atoms with E-state index in [1.165, 1.54) is 18.4 Å². The van der Waals surface area contributed by atoms with Gasteiger partial charge in [-0.15, -0.1) is 0 Å². The number of likely N-dealkylation sites (N-methyl/N-ethyl adjacent to an activating group) is 1. The topological polar surface area (TPSA) is 24.5 Å². The SMILES string of the molecule is COc1cccc(C2(N(C)C3CNC3)CC2)c1. The van der Waals surface area contributed by atoms with Gasteiger partial charge in [0, 0.05) is 24.7 Å². The van der Waals surface area contributed by atoms with E-state index in [1.807, 2.05) is 6.07 Å². The normalized spacial score (nSPS) is 22.3. The minimum absolute atomic E-state index is 0.279. The van der Waals surface area contributed by atoms with Crippen molar-refractivity contribution in [2.24, 2.45) is 0 Å². The van der Waals surface area contributed by atoms with Crippen molar-refractivity contribution in [2.45, 2.75) is 24.4 Å². The average molecular weight is 232 g/mol. The molecule has 2 fully saturated rings. The van der Waals surface area contributed by atoms with Crippen LogP contribution in [0.3, 0.4) is 0 Å². The number of methoxy groups -OCH3 is 1. The lowest BCUT2D eigenvalue weighted by atomic mass is 9.99. The van der Waals surface area contributed by atoms with Gasteiger partial charge in [-0.1, -0.05) is 12.1 Å². The largest absolute Gasteiger partial charge is 0.497 e. The van der Waals surface area contributed by atoms with E-state index in [2.05, 4.69) is 35.5 Å². The fourth-order valence-electron chi connectivity index (χ4n) is 2.77. The molecule has 1 aromatic carbocycles. The molecule has 17 heavy (non-hydrogen) atoms. The summed E-state index contributed by atoms with van der Waals surface area (Å²) in [6, 6.07) is 9.24. The van der Waals surface area contributed by atoms with Crippen molar-refractivity contribution >= 4 is 0 Å². The second kappa shape index (κ2) is 4.00. The standard InChI is InChI=1S/C14H20N2O/c1-16(12-9-15-10-12)14(6-7-14)11-4-3-5-13(8-11)17-2/h3-5,8,12,15H,6-7,9-10H2,1-2H3. The third kappa shape index (κ3) is 1.74. The number of nitrogens with zero attached hydrogens (tertiary/aromatic N) is 1. The van der Waals surface area contributed by atoms with Crippen molar-refractivity contribution in [3.05, 3.63) is 29.8 Å². The van der Waals surface area contributed by atoms with Crippen LogP contribution in [-0.2, 0) is 5.54 Å². The van der Waals surface area contributed by atoms with Gasteiger partial charge in [-0.3, -0.25) is 4.90 Å². The van der Waals surface area contributed by atoms with Crippen molar-refractivity contribution in [1.82, 2.24) is 10.2 Å². The van der Waals surface area contributed by atoms with Crippen LogP contribution >= 0.6 is 0 Å². The zero-order valence-corrected chi connectivity index (χ0v) is 10.6. The van der Waals surface area contributed by atoms with E-state index < -0.39 is 0 Å². The maximum atomic E-state index is 5.33. The summed E-state index contributed by atoms with van der Waals surface area (Å²) in [4.78, 5) is 2.55. The average Bonchev–Trinajstić information content (AvgIpc) is 3.08. The minimum Gasteiger partial charge on any atom is -0.497 e. The lowest BCUT2D eigenvalue weighted by Gasteiger charge is -2.41. The van der Waals surface area contributed by atoms with Gasteiger partial charge >= 0.3 is 0 Å². The number of hydrogen-bond acceptors (Lipinski definition) is 3. The van der Waals surface area contributed by atoms with Crippen molar-refractivity contribution in [2.75, 3.05) is 27.2 Å². The molecule has 1 saturated carbocycles. The zero-order chi connectivity index (χ0) is 11.9. The summed E-state index contributed by atoms with van der Waals surface area (Å²) in [5.41, 5.74) is 1.69. The summed E-state index contributed by atoms with van der Waals surface area (Å²) < 4.78 is 5.33. The molecule has 3 heteroatoms. The number of rotatable bonds is 4. The molecule has 0 amide bonds. The molecule has 1 heterocycles. The van der Waals surface area contributed by atoms with Crippen molar-refractivity contribution in [3.8, 4) is 5.75 Å². The Morgan fingerprint density at radius 1 is 1.35 bits per heavy atom. The molecule has 0 radical (unpaired) electrons. The lowest BCUT2D eigenvalue weighted by molar-refractivity contribution is 0.111. The molecule has 0 spiro atoms. The second-order valence-electron chi connectivity index (χ2n) is 5.19. The molecule has 3 rings (SSSR count). The van der Waals surface area contributed by atoms with Crippen LogP contribution in [0.15, 0.2) is 24.3 Å². The molecule has 0 unspecified atom stereocenters. The Labute approximate surface area is 103 Å². The monoisotopic (exact) mass is 232 g/mol. The zero-order valence-electron chi connectivity index (χ0n) is 10.6. The quantitative estimate of drug-likeness (QED) is 0.853. The van der Waals surface area contributed by atoms with Gasteiger partial charge in [0.1, 0.15) is 5.75 Å². The van der Waals surface area contributed by atoms with Crippen molar-refractivity contribution < 1.29 is 4.74 Å². The van der Waals surface area contributed by atoms with Gasteiger partial charge in [-0.05, 0) is 37.6 Å². The second-order valence-corrected chi connectivity index (χ2v) is 5.19. The van der Waals surface area contributed by atoms with Gasteiger partial charge in [0.25, 0.3) is 0 Å². The van der Waals surface area contributed by atoms with Crippen LogP contribution in [0.25, 0.3) is 0 Å². The predicted octanol–water partition coefficient (Wildman–Crippen LogP) is 1.59. The van der Waals surface area contributed by atoms with Crippen LogP contribution in [0.4, 0.5) is 0 Å². The minimum atomic E-state index is 0.279. The van der Waals surface area contributed by atoms with Crippen molar-refractivity contribution in [3.63, 3.8) is 0 Å². The molecule has 3 nitrogen and oxygen atoms in total. The Kier molecular flexibility index (Phi) is 2.60. The third-order valence-corrected chi connectivity index (χ3v) is 4.31.